The molecule has 0 aromatic carbocycles. The van der Waals surface area contributed by atoms with Gasteiger partial charge in [-0.15, -0.1) is 0 Å². The summed E-state index contributed by atoms with van der Waals surface area (Å²) in [6.07, 6.45) is 0.910. The van der Waals surface area contributed by atoms with Crippen molar-refractivity contribution in [2.24, 2.45) is 0 Å². The van der Waals surface area contributed by atoms with Crippen molar-refractivity contribution in [3.63, 3.8) is 0 Å². The van der Waals surface area contributed by atoms with Gasteiger partial charge < -0.3 is 20.1 Å². The zero-order chi connectivity index (χ0) is 13.2. The Balaban J connectivity index is 2.58. The number of nitrogens with one attached hydrogen (secondary N) is 2. The van der Waals surface area contributed by atoms with Crippen LogP contribution in [0, 0.1) is 0 Å². The summed E-state index contributed by atoms with van der Waals surface area (Å²) < 4.78 is 10.6. The number of hydrogen-bond acceptors (Lipinski definition) is 7. The molecular formula is C11H21N5O2. The van der Waals surface area contributed by atoms with Crippen LogP contribution in [0.3, 0.4) is 0 Å². The van der Waals surface area contributed by atoms with E-state index in [4.69, 9.17) is 9.47 Å². The van der Waals surface area contributed by atoms with Gasteiger partial charge in [-0.25, -0.2) is 0 Å². The summed E-state index contributed by atoms with van der Waals surface area (Å²) in [5.41, 5.74) is 0. The Kier molecular flexibility index (Phi) is 6.78. The summed E-state index contributed by atoms with van der Waals surface area (Å²) >= 11 is 0. The van der Waals surface area contributed by atoms with E-state index < -0.39 is 0 Å². The highest BCUT2D eigenvalue weighted by Gasteiger charge is 2.05. The highest BCUT2D eigenvalue weighted by atomic mass is 16.5. The zero-order valence-corrected chi connectivity index (χ0v) is 11.2. The van der Waals surface area contributed by atoms with Gasteiger partial charge >= 0.3 is 6.01 Å². The Morgan fingerprint density at radius 3 is 2.50 bits per heavy atom. The highest BCUT2D eigenvalue weighted by molar-refractivity contribution is 5.35. The molecule has 0 aliphatic carbocycles. The van der Waals surface area contributed by atoms with Gasteiger partial charge in [0.15, 0.2) is 0 Å². The first kappa shape index (κ1) is 14.4. The van der Waals surface area contributed by atoms with Crippen molar-refractivity contribution in [3.8, 4) is 6.01 Å². The van der Waals surface area contributed by atoms with Gasteiger partial charge in [0.1, 0.15) is 0 Å². The van der Waals surface area contributed by atoms with Crippen molar-refractivity contribution in [1.82, 2.24) is 15.0 Å². The summed E-state index contributed by atoms with van der Waals surface area (Å²) in [7, 11) is 1.75. The van der Waals surface area contributed by atoms with Crippen LogP contribution in [0.15, 0.2) is 0 Å². The third-order valence-electron chi connectivity index (χ3n) is 2.01. The summed E-state index contributed by atoms with van der Waals surface area (Å²) in [4.78, 5) is 12.5. The molecule has 0 unspecified atom stereocenters. The van der Waals surface area contributed by atoms with E-state index in [0.29, 0.717) is 44.3 Å². The largest absolute Gasteiger partial charge is 0.463 e. The standard InChI is InChI=1S/C11H21N5O2/c1-4-7-18-11-15-9(12-3)14-10(16-11)13-6-8-17-5-2/h4-8H2,1-3H3,(H2,12,13,14,15,16). The lowest BCUT2D eigenvalue weighted by molar-refractivity contribution is 0.158. The second-order valence-corrected chi connectivity index (χ2v) is 3.49. The summed E-state index contributed by atoms with van der Waals surface area (Å²) in [6, 6.07) is 0.329. The van der Waals surface area contributed by atoms with E-state index in [1.54, 1.807) is 7.05 Å². The van der Waals surface area contributed by atoms with Gasteiger partial charge in [0.25, 0.3) is 0 Å². The summed E-state index contributed by atoms with van der Waals surface area (Å²) in [5, 5.41) is 5.94. The van der Waals surface area contributed by atoms with Crippen molar-refractivity contribution in [3.05, 3.63) is 0 Å². The molecule has 0 saturated carbocycles. The van der Waals surface area contributed by atoms with Crippen molar-refractivity contribution in [2.75, 3.05) is 44.0 Å². The smallest absolute Gasteiger partial charge is 0.323 e. The van der Waals surface area contributed by atoms with Crippen LogP contribution in [0.4, 0.5) is 11.9 Å². The van der Waals surface area contributed by atoms with Gasteiger partial charge in [0.05, 0.1) is 13.2 Å². The summed E-state index contributed by atoms with van der Waals surface area (Å²) in [6.45, 7) is 6.54. The van der Waals surface area contributed by atoms with Gasteiger partial charge in [-0.1, -0.05) is 6.92 Å². The summed E-state index contributed by atoms with van der Waals surface area (Å²) in [5.74, 6) is 0.968. The molecule has 1 aromatic heterocycles. The molecule has 0 spiro atoms. The van der Waals surface area contributed by atoms with Gasteiger partial charge in [-0.05, 0) is 13.3 Å². The first-order valence-corrected chi connectivity index (χ1v) is 6.18. The van der Waals surface area contributed by atoms with Gasteiger partial charge in [-0.2, -0.15) is 15.0 Å². The number of anilines is 2. The van der Waals surface area contributed by atoms with Gasteiger partial charge in [0.2, 0.25) is 11.9 Å². The van der Waals surface area contributed by atoms with Crippen LogP contribution in [-0.2, 0) is 4.74 Å². The quantitative estimate of drug-likeness (QED) is 0.640. The van der Waals surface area contributed by atoms with Crippen molar-refractivity contribution >= 4 is 11.9 Å². The van der Waals surface area contributed by atoms with Crippen molar-refractivity contribution in [2.45, 2.75) is 20.3 Å². The van der Waals surface area contributed by atoms with E-state index in [1.165, 1.54) is 0 Å². The molecule has 0 bridgehead atoms. The predicted molar refractivity (Wildman–Crippen MR) is 70.1 cm³/mol. The van der Waals surface area contributed by atoms with Crippen molar-refractivity contribution < 1.29 is 9.47 Å². The van der Waals surface area contributed by atoms with E-state index in [9.17, 15) is 0 Å². The molecule has 0 radical (unpaired) electrons. The van der Waals surface area contributed by atoms with Crippen LogP contribution >= 0.6 is 0 Å². The Hall–Kier alpha value is -1.63. The Morgan fingerprint density at radius 2 is 1.83 bits per heavy atom. The second kappa shape index (κ2) is 8.46. The minimum Gasteiger partial charge on any atom is -0.463 e. The molecule has 1 heterocycles. The van der Waals surface area contributed by atoms with E-state index in [1.807, 2.05) is 13.8 Å². The molecule has 1 rings (SSSR count). The van der Waals surface area contributed by atoms with E-state index in [-0.39, 0.29) is 0 Å². The first-order valence-electron chi connectivity index (χ1n) is 6.18. The topological polar surface area (TPSA) is 81.2 Å². The Bertz CT molecular complexity index is 348. The lowest BCUT2D eigenvalue weighted by atomic mass is 10.5. The molecule has 0 amide bonds. The molecule has 7 heteroatoms. The van der Waals surface area contributed by atoms with E-state index in [0.717, 1.165) is 6.42 Å². The lowest BCUT2D eigenvalue weighted by Gasteiger charge is -2.08. The molecule has 0 saturated heterocycles. The van der Waals surface area contributed by atoms with Crippen LogP contribution < -0.4 is 15.4 Å². The molecule has 102 valence electrons. The number of ether oxygens (including phenoxy) is 2. The van der Waals surface area contributed by atoms with Gasteiger partial charge in [0, 0.05) is 20.2 Å². The predicted octanol–water partition coefficient (Wildman–Crippen LogP) is 1.15. The molecule has 2 N–H and O–H groups in total. The van der Waals surface area contributed by atoms with Crippen LogP contribution in [0.1, 0.15) is 20.3 Å². The number of hydrogen-bond donors (Lipinski definition) is 2. The minimum absolute atomic E-state index is 0.329. The SMILES string of the molecule is CCCOc1nc(NC)nc(NCCOCC)n1. The van der Waals surface area contributed by atoms with Crippen LogP contribution in [0.5, 0.6) is 6.01 Å². The number of nitrogens with zero attached hydrogens (tertiary/aromatic N) is 3. The third kappa shape index (κ3) is 5.13. The molecule has 18 heavy (non-hydrogen) atoms. The molecule has 0 aliphatic heterocycles. The van der Waals surface area contributed by atoms with Crippen LogP contribution in [0.25, 0.3) is 0 Å². The molecular weight excluding hydrogens is 234 g/mol. The molecule has 0 aliphatic rings. The molecule has 1 aromatic rings. The minimum atomic E-state index is 0.329. The van der Waals surface area contributed by atoms with Crippen LogP contribution in [-0.4, -0.2) is 48.4 Å². The zero-order valence-electron chi connectivity index (χ0n) is 11.2. The molecule has 7 nitrogen and oxygen atoms in total. The maximum absolute atomic E-state index is 5.39. The van der Waals surface area contributed by atoms with E-state index >= 15 is 0 Å². The van der Waals surface area contributed by atoms with Gasteiger partial charge in [-0.3, -0.25) is 0 Å². The third-order valence-corrected chi connectivity index (χ3v) is 2.01. The maximum atomic E-state index is 5.39. The molecule has 0 atom stereocenters. The fourth-order valence-corrected chi connectivity index (χ4v) is 1.18. The fourth-order valence-electron chi connectivity index (χ4n) is 1.18. The Labute approximate surface area is 107 Å². The average Bonchev–Trinajstić information content (AvgIpc) is 2.41. The second-order valence-electron chi connectivity index (χ2n) is 3.49. The normalized spacial score (nSPS) is 10.2. The van der Waals surface area contributed by atoms with Crippen molar-refractivity contribution in [1.29, 1.82) is 0 Å². The number of aromatic nitrogens is 3. The first-order chi connectivity index (χ1) is 8.80. The Morgan fingerprint density at radius 1 is 1.06 bits per heavy atom. The van der Waals surface area contributed by atoms with E-state index in [2.05, 4.69) is 25.6 Å². The average molecular weight is 255 g/mol. The lowest BCUT2D eigenvalue weighted by Crippen LogP contribution is -2.13. The fraction of sp³-hybridized carbons (Fsp3) is 0.727. The van der Waals surface area contributed by atoms with Crippen LogP contribution in [0.2, 0.25) is 0 Å². The maximum Gasteiger partial charge on any atom is 0.323 e. The number of rotatable bonds is 9. The monoisotopic (exact) mass is 255 g/mol. The highest BCUT2D eigenvalue weighted by Crippen LogP contribution is 2.10. The molecule has 0 fully saturated rings.